The van der Waals surface area contributed by atoms with Crippen LogP contribution in [-0.2, 0) is 12.8 Å². The van der Waals surface area contributed by atoms with Gasteiger partial charge in [0.05, 0.1) is 0 Å². The van der Waals surface area contributed by atoms with Gasteiger partial charge in [-0.3, -0.25) is 4.98 Å². The number of pyridine rings is 1. The van der Waals surface area contributed by atoms with Gasteiger partial charge >= 0.3 is 6.61 Å². The van der Waals surface area contributed by atoms with Crippen LogP contribution in [0.5, 0.6) is 5.75 Å². The highest BCUT2D eigenvalue weighted by molar-refractivity contribution is 7.98. The lowest BCUT2D eigenvalue weighted by Gasteiger charge is -2.10. The Bertz CT molecular complexity index is 811. The van der Waals surface area contributed by atoms with Gasteiger partial charge in [0.1, 0.15) is 5.75 Å². The first-order valence-corrected chi connectivity index (χ1v) is 8.09. The van der Waals surface area contributed by atoms with Crippen molar-refractivity contribution in [2.24, 2.45) is 7.05 Å². The number of ether oxygens (including phenoxy) is 1. The normalized spacial score (nSPS) is 11.0. The number of para-hydroxylation sites is 1. The molecule has 0 fully saturated rings. The van der Waals surface area contributed by atoms with E-state index in [9.17, 15) is 8.78 Å². The summed E-state index contributed by atoms with van der Waals surface area (Å²) in [5.74, 6) is 1.35. The summed E-state index contributed by atoms with van der Waals surface area (Å²) in [5.41, 5.74) is 1.59. The van der Waals surface area contributed by atoms with E-state index in [2.05, 4.69) is 19.9 Å². The molecule has 0 aliphatic carbocycles. The van der Waals surface area contributed by atoms with E-state index in [4.69, 9.17) is 0 Å². The zero-order valence-corrected chi connectivity index (χ0v) is 13.6. The highest BCUT2D eigenvalue weighted by atomic mass is 32.2. The molecule has 2 heterocycles. The standard InChI is InChI=1S/C16H14F2N4OS/c1-22-14(11-6-8-19-9-7-11)20-21-16(22)24-10-12-4-2-3-5-13(12)23-15(17)18/h2-9,15H,10H2,1H3. The van der Waals surface area contributed by atoms with Crippen molar-refractivity contribution in [1.82, 2.24) is 19.7 Å². The maximum atomic E-state index is 12.5. The summed E-state index contributed by atoms with van der Waals surface area (Å²) in [4.78, 5) is 3.98. The molecule has 0 unspecified atom stereocenters. The summed E-state index contributed by atoms with van der Waals surface area (Å²) in [5, 5.41) is 9.04. The molecule has 5 nitrogen and oxygen atoms in total. The molecular formula is C16H14F2N4OS. The van der Waals surface area contributed by atoms with Gasteiger partial charge < -0.3 is 9.30 Å². The van der Waals surface area contributed by atoms with Gasteiger partial charge in [-0.15, -0.1) is 10.2 Å². The van der Waals surface area contributed by atoms with Crippen molar-refractivity contribution >= 4 is 11.8 Å². The molecule has 0 aliphatic rings. The van der Waals surface area contributed by atoms with Crippen molar-refractivity contribution in [2.45, 2.75) is 17.5 Å². The summed E-state index contributed by atoms with van der Waals surface area (Å²) < 4.78 is 31.3. The molecule has 0 amide bonds. The topological polar surface area (TPSA) is 52.8 Å². The number of rotatable bonds is 6. The third-order valence-electron chi connectivity index (χ3n) is 3.32. The number of alkyl halides is 2. The fourth-order valence-corrected chi connectivity index (χ4v) is 3.07. The number of aromatic nitrogens is 4. The predicted octanol–water partition coefficient (Wildman–Crippen LogP) is 3.77. The molecule has 0 bridgehead atoms. The van der Waals surface area contributed by atoms with E-state index in [1.165, 1.54) is 17.8 Å². The fraction of sp³-hybridized carbons (Fsp3) is 0.188. The summed E-state index contributed by atoms with van der Waals surface area (Å²) >= 11 is 1.41. The van der Waals surface area contributed by atoms with Crippen LogP contribution in [-0.4, -0.2) is 26.4 Å². The Morgan fingerprint density at radius 1 is 1.12 bits per heavy atom. The monoisotopic (exact) mass is 348 g/mol. The molecule has 124 valence electrons. The van der Waals surface area contributed by atoms with Crippen LogP contribution in [0.2, 0.25) is 0 Å². The second kappa shape index (κ2) is 7.39. The van der Waals surface area contributed by atoms with Gasteiger partial charge in [-0.2, -0.15) is 8.78 Å². The zero-order valence-electron chi connectivity index (χ0n) is 12.8. The Balaban J connectivity index is 1.76. The van der Waals surface area contributed by atoms with Crippen molar-refractivity contribution in [1.29, 1.82) is 0 Å². The lowest BCUT2D eigenvalue weighted by Crippen LogP contribution is -2.04. The fourth-order valence-electron chi connectivity index (χ4n) is 2.17. The maximum Gasteiger partial charge on any atom is 0.387 e. The van der Waals surface area contributed by atoms with Crippen LogP contribution < -0.4 is 4.74 Å². The van der Waals surface area contributed by atoms with Crippen molar-refractivity contribution in [3.63, 3.8) is 0 Å². The van der Waals surface area contributed by atoms with Crippen LogP contribution in [0.4, 0.5) is 8.78 Å². The van der Waals surface area contributed by atoms with E-state index in [1.54, 1.807) is 30.6 Å². The van der Waals surface area contributed by atoms with E-state index < -0.39 is 6.61 Å². The van der Waals surface area contributed by atoms with Gasteiger partial charge in [0.2, 0.25) is 0 Å². The number of thioether (sulfide) groups is 1. The first-order chi connectivity index (χ1) is 11.6. The second-order valence-corrected chi connectivity index (χ2v) is 5.82. The molecule has 1 aromatic carbocycles. The minimum atomic E-state index is -2.84. The molecule has 0 atom stereocenters. The first-order valence-electron chi connectivity index (χ1n) is 7.10. The highest BCUT2D eigenvalue weighted by Gasteiger charge is 2.13. The van der Waals surface area contributed by atoms with Gasteiger partial charge in [0.15, 0.2) is 11.0 Å². The van der Waals surface area contributed by atoms with E-state index in [0.717, 1.165) is 11.4 Å². The predicted molar refractivity (Wildman–Crippen MR) is 86.9 cm³/mol. The van der Waals surface area contributed by atoms with Crippen LogP contribution in [0.15, 0.2) is 53.9 Å². The van der Waals surface area contributed by atoms with E-state index >= 15 is 0 Å². The number of benzene rings is 1. The summed E-state index contributed by atoms with van der Waals surface area (Å²) in [7, 11) is 1.86. The minimum Gasteiger partial charge on any atom is -0.435 e. The van der Waals surface area contributed by atoms with Gasteiger partial charge in [-0.25, -0.2) is 0 Å². The number of nitrogens with zero attached hydrogens (tertiary/aromatic N) is 4. The first kappa shape index (κ1) is 16.4. The molecule has 0 saturated heterocycles. The van der Waals surface area contributed by atoms with Gasteiger partial charge in [0, 0.05) is 36.3 Å². The smallest absolute Gasteiger partial charge is 0.387 e. The van der Waals surface area contributed by atoms with Crippen molar-refractivity contribution in [3.8, 4) is 17.1 Å². The molecule has 3 rings (SSSR count). The van der Waals surface area contributed by atoms with Crippen molar-refractivity contribution in [3.05, 3.63) is 54.4 Å². The Morgan fingerprint density at radius 2 is 1.88 bits per heavy atom. The largest absolute Gasteiger partial charge is 0.435 e. The quantitative estimate of drug-likeness (QED) is 0.635. The van der Waals surface area contributed by atoms with Crippen LogP contribution in [0.1, 0.15) is 5.56 Å². The lowest BCUT2D eigenvalue weighted by atomic mass is 10.2. The summed E-state index contributed by atoms with van der Waals surface area (Å²) in [6, 6.07) is 10.4. The van der Waals surface area contributed by atoms with Crippen LogP contribution in [0.3, 0.4) is 0 Å². The van der Waals surface area contributed by atoms with Gasteiger partial charge in [-0.1, -0.05) is 30.0 Å². The maximum absolute atomic E-state index is 12.5. The van der Waals surface area contributed by atoms with Crippen molar-refractivity contribution < 1.29 is 13.5 Å². The molecule has 24 heavy (non-hydrogen) atoms. The molecule has 0 radical (unpaired) electrons. The summed E-state index contributed by atoms with van der Waals surface area (Å²) in [6.45, 7) is -2.84. The van der Waals surface area contributed by atoms with Crippen LogP contribution in [0, 0.1) is 0 Å². The molecule has 2 aromatic heterocycles. The average molecular weight is 348 g/mol. The Kier molecular flexibility index (Phi) is 5.05. The van der Waals surface area contributed by atoms with Gasteiger partial charge in [-0.05, 0) is 18.2 Å². The van der Waals surface area contributed by atoms with Gasteiger partial charge in [0.25, 0.3) is 0 Å². The summed E-state index contributed by atoms with van der Waals surface area (Å²) in [6.07, 6.45) is 3.38. The molecule has 8 heteroatoms. The molecule has 0 saturated carbocycles. The molecule has 0 aliphatic heterocycles. The second-order valence-electron chi connectivity index (χ2n) is 4.88. The average Bonchev–Trinajstić information content (AvgIpc) is 2.95. The highest BCUT2D eigenvalue weighted by Crippen LogP contribution is 2.29. The van der Waals surface area contributed by atoms with Crippen LogP contribution >= 0.6 is 11.8 Å². The Hall–Kier alpha value is -2.48. The van der Waals surface area contributed by atoms with Crippen LogP contribution in [0.25, 0.3) is 11.4 Å². The number of hydrogen-bond donors (Lipinski definition) is 0. The zero-order chi connectivity index (χ0) is 16.9. The molecular weight excluding hydrogens is 334 g/mol. The van der Waals surface area contributed by atoms with Crippen molar-refractivity contribution in [2.75, 3.05) is 0 Å². The molecule has 3 aromatic rings. The Morgan fingerprint density at radius 3 is 2.62 bits per heavy atom. The van der Waals surface area contributed by atoms with E-state index in [-0.39, 0.29) is 5.75 Å². The van der Waals surface area contributed by atoms with E-state index in [0.29, 0.717) is 16.5 Å². The SMILES string of the molecule is Cn1c(SCc2ccccc2OC(F)F)nnc1-c1ccncc1. The van der Waals surface area contributed by atoms with E-state index in [1.807, 2.05) is 23.7 Å². The number of hydrogen-bond acceptors (Lipinski definition) is 5. The molecule has 0 spiro atoms. The Labute approximate surface area is 141 Å². The molecule has 0 N–H and O–H groups in total. The lowest BCUT2D eigenvalue weighted by molar-refractivity contribution is -0.0503. The third kappa shape index (κ3) is 3.70. The third-order valence-corrected chi connectivity index (χ3v) is 4.39. The number of halogens is 2. The minimum absolute atomic E-state index is 0.177.